The molecule has 0 aliphatic rings. The zero-order valence-electron chi connectivity index (χ0n) is 12.4. The summed E-state index contributed by atoms with van der Waals surface area (Å²) in [5, 5.41) is 0. The minimum absolute atomic E-state index is 0.251. The van der Waals surface area contributed by atoms with Crippen molar-refractivity contribution in [3.05, 3.63) is 70.3 Å². The molecule has 0 aliphatic carbocycles. The van der Waals surface area contributed by atoms with Crippen LogP contribution in [-0.4, -0.2) is 25.9 Å². The van der Waals surface area contributed by atoms with Gasteiger partial charge in [-0.05, 0) is 24.3 Å². The summed E-state index contributed by atoms with van der Waals surface area (Å²) < 4.78 is 142. The zero-order valence-corrected chi connectivity index (χ0v) is 14.1. The van der Waals surface area contributed by atoms with Crippen molar-refractivity contribution in [3.8, 4) is 0 Å². The van der Waals surface area contributed by atoms with Crippen LogP contribution in [0.1, 0.15) is 11.1 Å². The normalized spacial score (nSPS) is 13.0. The first-order valence-electron chi connectivity index (χ1n) is 6.38. The van der Waals surface area contributed by atoms with Crippen molar-refractivity contribution in [1.82, 2.24) is 0 Å². The molecule has 0 aromatic heterocycles. The van der Waals surface area contributed by atoms with Gasteiger partial charge in [-0.25, -0.2) is 26.3 Å². The lowest BCUT2D eigenvalue weighted by Crippen LogP contribution is -2.44. The van der Waals surface area contributed by atoms with Gasteiger partial charge in [-0.2, -0.15) is 16.8 Å². The molecule has 0 radical (unpaired) electrons. The highest BCUT2D eigenvalue weighted by Gasteiger charge is 2.59. The summed E-state index contributed by atoms with van der Waals surface area (Å²) in [7, 11) is -12.5. The van der Waals surface area contributed by atoms with Gasteiger partial charge in [-0.3, -0.25) is 9.11 Å². The predicted molar refractivity (Wildman–Crippen MR) is 76.5 cm³/mol. The number of halogens is 6. The van der Waals surface area contributed by atoms with Gasteiger partial charge in [0.15, 0.2) is 34.9 Å². The topological polar surface area (TPSA) is 109 Å². The molecule has 0 spiro atoms. The number of rotatable bonds is 4. The Bertz CT molecular complexity index is 1010. The molecule has 148 valence electrons. The van der Waals surface area contributed by atoms with Crippen LogP contribution in [0, 0.1) is 34.9 Å². The largest absolute Gasteiger partial charge is 0.296 e. The summed E-state index contributed by atoms with van der Waals surface area (Å²) in [5.41, 5.74) is -3.34. The van der Waals surface area contributed by atoms with Gasteiger partial charge in [0.2, 0.25) is 0 Å². The minimum atomic E-state index is -6.23. The van der Waals surface area contributed by atoms with Crippen molar-refractivity contribution in [3.63, 3.8) is 0 Å². The van der Waals surface area contributed by atoms with Crippen LogP contribution < -0.4 is 0 Å². The van der Waals surface area contributed by atoms with E-state index in [-0.39, 0.29) is 24.3 Å². The van der Waals surface area contributed by atoms with E-state index >= 15 is 0 Å². The van der Waals surface area contributed by atoms with E-state index in [9.17, 15) is 52.3 Å². The molecule has 0 atom stereocenters. The summed E-state index contributed by atoms with van der Waals surface area (Å²) in [5.74, 6) is -13.0. The van der Waals surface area contributed by atoms with E-state index in [4.69, 9.17) is 0 Å². The van der Waals surface area contributed by atoms with Crippen LogP contribution in [0.2, 0.25) is 0 Å². The van der Waals surface area contributed by atoms with Crippen LogP contribution in [0.15, 0.2) is 24.3 Å². The molecule has 14 heteroatoms. The summed E-state index contributed by atoms with van der Waals surface area (Å²) in [6.07, 6.45) is 0. The predicted octanol–water partition coefficient (Wildman–Crippen LogP) is 2.50. The van der Waals surface area contributed by atoms with Gasteiger partial charge in [0.25, 0.3) is 24.3 Å². The van der Waals surface area contributed by atoms with Crippen molar-refractivity contribution >= 4 is 20.2 Å². The lowest BCUT2D eigenvalue weighted by atomic mass is 10.0. The molecule has 2 aromatic carbocycles. The van der Waals surface area contributed by atoms with E-state index in [1.165, 1.54) is 0 Å². The Balaban J connectivity index is 3.17. The standard InChI is InChI=1S/C13H6F6O6S2/c14-7-1-5(2-8(15)11(7)18)13(26(20,21)22,27(23,24)25)6-3-9(16)12(19)10(17)4-6/h1-4H,(H,20,21,22)(H,23,24,25). The number of hydrogen-bond acceptors (Lipinski definition) is 4. The van der Waals surface area contributed by atoms with Crippen LogP contribution in [0.25, 0.3) is 0 Å². The first-order chi connectivity index (χ1) is 12.1. The first-order valence-corrected chi connectivity index (χ1v) is 9.26. The van der Waals surface area contributed by atoms with Gasteiger partial charge >= 0.3 is 0 Å². The maximum absolute atomic E-state index is 13.5. The summed E-state index contributed by atoms with van der Waals surface area (Å²) in [4.78, 5) is 0. The van der Waals surface area contributed by atoms with Crippen LogP contribution in [0.3, 0.4) is 0 Å². The molecule has 6 nitrogen and oxygen atoms in total. The van der Waals surface area contributed by atoms with E-state index in [0.717, 1.165) is 0 Å². The molecule has 0 aliphatic heterocycles. The summed E-state index contributed by atoms with van der Waals surface area (Å²) >= 11 is 0. The van der Waals surface area contributed by atoms with Crippen LogP contribution >= 0.6 is 0 Å². The Kier molecular flexibility index (Phi) is 5.07. The van der Waals surface area contributed by atoms with E-state index in [1.807, 2.05) is 0 Å². The van der Waals surface area contributed by atoms with Crippen molar-refractivity contribution in [2.24, 2.45) is 0 Å². The molecule has 2 N–H and O–H groups in total. The molecule has 0 saturated heterocycles. The molecular weight excluding hydrogens is 430 g/mol. The lowest BCUT2D eigenvalue weighted by Gasteiger charge is -2.28. The maximum Gasteiger partial charge on any atom is 0.296 e. The quantitative estimate of drug-likeness (QED) is 0.433. The van der Waals surface area contributed by atoms with Gasteiger partial charge in [0.05, 0.1) is 0 Å². The Morgan fingerprint density at radius 3 is 1.00 bits per heavy atom. The van der Waals surface area contributed by atoms with E-state index in [1.54, 1.807) is 0 Å². The van der Waals surface area contributed by atoms with Gasteiger partial charge < -0.3 is 0 Å². The van der Waals surface area contributed by atoms with E-state index in [0.29, 0.717) is 0 Å². The minimum Gasteiger partial charge on any atom is -0.284 e. The molecule has 2 aromatic rings. The van der Waals surface area contributed by atoms with Crippen molar-refractivity contribution < 1.29 is 52.3 Å². The molecule has 0 heterocycles. The molecule has 0 amide bonds. The first kappa shape index (κ1) is 21.1. The van der Waals surface area contributed by atoms with Crippen molar-refractivity contribution in [1.29, 1.82) is 0 Å². The Labute approximate surface area is 147 Å². The van der Waals surface area contributed by atoms with E-state index in [2.05, 4.69) is 0 Å². The third kappa shape index (κ3) is 3.18. The van der Waals surface area contributed by atoms with Crippen LogP contribution in [0.5, 0.6) is 0 Å². The van der Waals surface area contributed by atoms with Gasteiger partial charge in [-0.1, -0.05) is 0 Å². The fourth-order valence-corrected chi connectivity index (χ4v) is 5.11. The third-order valence-electron chi connectivity index (χ3n) is 3.45. The van der Waals surface area contributed by atoms with Gasteiger partial charge in [-0.15, -0.1) is 0 Å². The third-order valence-corrected chi connectivity index (χ3v) is 7.11. The monoisotopic (exact) mass is 436 g/mol. The molecule has 0 unspecified atom stereocenters. The molecular formula is C13H6F6O6S2. The smallest absolute Gasteiger partial charge is 0.284 e. The molecule has 27 heavy (non-hydrogen) atoms. The number of hydrogen-bond donors (Lipinski definition) is 2. The molecule has 0 bridgehead atoms. The van der Waals surface area contributed by atoms with Crippen molar-refractivity contribution in [2.75, 3.05) is 0 Å². The zero-order chi connectivity index (χ0) is 20.9. The summed E-state index contributed by atoms with van der Waals surface area (Å²) in [6, 6.07) is -1.00. The highest BCUT2D eigenvalue weighted by Crippen LogP contribution is 2.43. The second-order valence-corrected chi connectivity index (χ2v) is 8.46. The average Bonchev–Trinajstić information content (AvgIpc) is 2.47. The SMILES string of the molecule is O=S(=O)(O)C(c1cc(F)c(F)c(F)c1)(c1cc(F)c(F)c(F)c1)S(=O)(=O)O. The van der Waals surface area contributed by atoms with E-state index < -0.39 is 70.3 Å². The molecule has 2 rings (SSSR count). The Morgan fingerprint density at radius 1 is 0.593 bits per heavy atom. The highest BCUT2D eigenvalue weighted by molar-refractivity contribution is 8.04. The van der Waals surface area contributed by atoms with Crippen LogP contribution in [0.4, 0.5) is 26.3 Å². The highest BCUT2D eigenvalue weighted by atomic mass is 32.3. The second-order valence-electron chi connectivity index (χ2n) is 5.07. The second kappa shape index (κ2) is 6.47. The molecule has 0 saturated carbocycles. The van der Waals surface area contributed by atoms with Crippen LogP contribution in [-0.2, 0) is 24.3 Å². The van der Waals surface area contributed by atoms with Gasteiger partial charge in [0, 0.05) is 11.1 Å². The maximum atomic E-state index is 13.5. The van der Waals surface area contributed by atoms with Crippen molar-refractivity contribution in [2.45, 2.75) is 4.08 Å². The fourth-order valence-electron chi connectivity index (χ4n) is 2.39. The fraction of sp³-hybridized carbons (Fsp3) is 0.0769. The number of benzene rings is 2. The lowest BCUT2D eigenvalue weighted by molar-refractivity contribution is 0.424. The summed E-state index contributed by atoms with van der Waals surface area (Å²) in [6.45, 7) is 0. The average molecular weight is 436 g/mol. The Hall–Kier alpha value is -2.16. The van der Waals surface area contributed by atoms with Gasteiger partial charge in [0.1, 0.15) is 0 Å². The molecule has 0 fully saturated rings. The Morgan fingerprint density at radius 2 is 0.815 bits per heavy atom.